The van der Waals surface area contributed by atoms with Crippen LogP contribution in [0, 0.1) is 0 Å². The summed E-state index contributed by atoms with van der Waals surface area (Å²) in [6.07, 6.45) is 4.17. The standard InChI is InChI=1S/C21H21ClN2O4/c22-15-7-5-6-14(12-15)21(27)28-13-19(25)24-18-11-4-3-10-17(18)20(26)23-16-8-1-2-9-16/h3-7,10-12,16H,1-2,8-9,13H2,(H,23,26)(H,24,25). The highest BCUT2D eigenvalue weighted by Gasteiger charge is 2.20. The molecule has 28 heavy (non-hydrogen) atoms. The Morgan fingerprint density at radius 2 is 1.79 bits per heavy atom. The number of hydrogen-bond acceptors (Lipinski definition) is 4. The molecule has 2 N–H and O–H groups in total. The minimum atomic E-state index is -0.648. The molecule has 1 aliphatic carbocycles. The maximum atomic E-state index is 12.5. The van der Waals surface area contributed by atoms with Crippen molar-refractivity contribution in [2.24, 2.45) is 0 Å². The molecule has 1 fully saturated rings. The number of carbonyl (C=O) groups excluding carboxylic acids is 3. The minimum absolute atomic E-state index is 0.176. The van der Waals surface area contributed by atoms with Crippen LogP contribution in [0.2, 0.25) is 5.02 Å². The molecule has 0 radical (unpaired) electrons. The first-order chi connectivity index (χ1) is 13.5. The lowest BCUT2D eigenvalue weighted by atomic mass is 10.1. The molecule has 1 aliphatic rings. The van der Waals surface area contributed by atoms with Crippen LogP contribution < -0.4 is 10.6 Å². The molecule has 0 heterocycles. The molecule has 7 heteroatoms. The van der Waals surface area contributed by atoms with Gasteiger partial charge in [0.2, 0.25) is 0 Å². The van der Waals surface area contributed by atoms with Crippen LogP contribution in [0.15, 0.2) is 48.5 Å². The number of rotatable bonds is 6. The van der Waals surface area contributed by atoms with Crippen LogP contribution in [0.5, 0.6) is 0 Å². The fourth-order valence-electron chi connectivity index (χ4n) is 3.14. The molecule has 0 spiro atoms. The topological polar surface area (TPSA) is 84.5 Å². The summed E-state index contributed by atoms with van der Waals surface area (Å²) in [5.41, 5.74) is 1.02. The third kappa shape index (κ3) is 5.33. The highest BCUT2D eigenvalue weighted by Crippen LogP contribution is 2.20. The second kappa shape index (κ2) is 9.37. The van der Waals surface area contributed by atoms with Gasteiger partial charge in [-0.2, -0.15) is 0 Å². The molecule has 0 aliphatic heterocycles. The Bertz CT molecular complexity index is 878. The Kier molecular flexibility index (Phi) is 6.66. The number of ether oxygens (including phenoxy) is 1. The summed E-state index contributed by atoms with van der Waals surface area (Å²) in [4.78, 5) is 36.7. The van der Waals surface area contributed by atoms with E-state index in [1.807, 2.05) is 0 Å². The van der Waals surface area contributed by atoms with Crippen LogP contribution in [0.4, 0.5) is 5.69 Å². The minimum Gasteiger partial charge on any atom is -0.452 e. The quantitative estimate of drug-likeness (QED) is 0.722. The maximum absolute atomic E-state index is 12.5. The van der Waals surface area contributed by atoms with Gasteiger partial charge in [-0.05, 0) is 43.2 Å². The number of anilines is 1. The summed E-state index contributed by atoms with van der Waals surface area (Å²) in [6, 6.07) is 13.2. The van der Waals surface area contributed by atoms with E-state index in [4.69, 9.17) is 16.3 Å². The van der Waals surface area contributed by atoms with E-state index in [0.29, 0.717) is 16.3 Å². The largest absolute Gasteiger partial charge is 0.452 e. The van der Waals surface area contributed by atoms with Gasteiger partial charge in [-0.25, -0.2) is 4.79 Å². The Morgan fingerprint density at radius 1 is 1.04 bits per heavy atom. The van der Waals surface area contributed by atoms with Gasteiger partial charge in [0.25, 0.3) is 11.8 Å². The number of benzene rings is 2. The van der Waals surface area contributed by atoms with E-state index in [1.165, 1.54) is 6.07 Å². The lowest BCUT2D eigenvalue weighted by molar-refractivity contribution is -0.119. The van der Waals surface area contributed by atoms with Gasteiger partial charge >= 0.3 is 5.97 Å². The zero-order chi connectivity index (χ0) is 19.9. The normalized spacial score (nSPS) is 13.8. The first-order valence-electron chi connectivity index (χ1n) is 9.15. The third-order valence-electron chi connectivity index (χ3n) is 4.53. The van der Waals surface area contributed by atoms with E-state index in [1.54, 1.807) is 42.5 Å². The molecule has 0 saturated heterocycles. The molecule has 3 rings (SSSR count). The Balaban J connectivity index is 1.58. The van der Waals surface area contributed by atoms with E-state index in [0.717, 1.165) is 25.7 Å². The van der Waals surface area contributed by atoms with E-state index in [-0.39, 0.29) is 17.5 Å². The van der Waals surface area contributed by atoms with Crippen molar-refractivity contribution >= 4 is 35.1 Å². The molecule has 2 aromatic carbocycles. The van der Waals surface area contributed by atoms with Gasteiger partial charge in [0.1, 0.15) is 0 Å². The number of amides is 2. The van der Waals surface area contributed by atoms with Crippen molar-refractivity contribution in [2.45, 2.75) is 31.7 Å². The van der Waals surface area contributed by atoms with E-state index in [2.05, 4.69) is 10.6 Å². The first kappa shape index (κ1) is 19.9. The predicted octanol–water partition coefficient (Wildman–Crippen LogP) is 3.81. The zero-order valence-corrected chi connectivity index (χ0v) is 16.0. The zero-order valence-electron chi connectivity index (χ0n) is 15.2. The maximum Gasteiger partial charge on any atom is 0.338 e. The summed E-state index contributed by atoms with van der Waals surface area (Å²) in [6.45, 7) is -0.468. The average Bonchev–Trinajstić information content (AvgIpc) is 3.19. The fraction of sp³-hybridized carbons (Fsp3) is 0.286. The Hall–Kier alpha value is -2.86. The number of nitrogens with one attached hydrogen (secondary N) is 2. The number of carbonyl (C=O) groups is 3. The van der Waals surface area contributed by atoms with Crippen molar-refractivity contribution in [3.63, 3.8) is 0 Å². The van der Waals surface area contributed by atoms with Crippen LogP contribution >= 0.6 is 11.6 Å². The van der Waals surface area contributed by atoms with Crippen LogP contribution in [-0.2, 0) is 9.53 Å². The van der Waals surface area contributed by atoms with E-state index in [9.17, 15) is 14.4 Å². The van der Waals surface area contributed by atoms with Gasteiger partial charge in [-0.1, -0.05) is 42.6 Å². The van der Waals surface area contributed by atoms with Crippen LogP contribution in [0.1, 0.15) is 46.4 Å². The molecule has 6 nitrogen and oxygen atoms in total. The number of halogens is 1. The molecule has 0 bridgehead atoms. The molecule has 2 amide bonds. The van der Waals surface area contributed by atoms with Gasteiger partial charge in [0.15, 0.2) is 6.61 Å². The summed E-state index contributed by atoms with van der Waals surface area (Å²) in [5, 5.41) is 6.03. The lowest BCUT2D eigenvalue weighted by Crippen LogP contribution is -2.33. The summed E-state index contributed by atoms with van der Waals surface area (Å²) >= 11 is 5.84. The average molecular weight is 401 g/mol. The molecule has 0 aromatic heterocycles. The molecule has 0 unspecified atom stereocenters. The van der Waals surface area contributed by atoms with Crippen molar-refractivity contribution < 1.29 is 19.1 Å². The summed E-state index contributed by atoms with van der Waals surface area (Å²) < 4.78 is 5.01. The van der Waals surface area contributed by atoms with Gasteiger partial charge in [0.05, 0.1) is 16.8 Å². The molecule has 146 valence electrons. The van der Waals surface area contributed by atoms with Crippen molar-refractivity contribution in [3.8, 4) is 0 Å². The first-order valence-corrected chi connectivity index (χ1v) is 9.53. The van der Waals surface area contributed by atoms with E-state index < -0.39 is 18.5 Å². The number of hydrogen-bond donors (Lipinski definition) is 2. The van der Waals surface area contributed by atoms with Gasteiger partial charge < -0.3 is 15.4 Å². The summed E-state index contributed by atoms with van der Waals surface area (Å²) in [5.74, 6) is -1.40. The van der Waals surface area contributed by atoms with Crippen LogP contribution in [-0.4, -0.2) is 30.4 Å². The van der Waals surface area contributed by atoms with Gasteiger partial charge in [-0.15, -0.1) is 0 Å². The van der Waals surface area contributed by atoms with Crippen molar-refractivity contribution in [1.82, 2.24) is 5.32 Å². The highest BCUT2D eigenvalue weighted by atomic mass is 35.5. The van der Waals surface area contributed by atoms with E-state index >= 15 is 0 Å². The number of para-hydroxylation sites is 1. The van der Waals surface area contributed by atoms with Gasteiger partial charge in [0, 0.05) is 11.1 Å². The fourth-order valence-corrected chi connectivity index (χ4v) is 3.33. The van der Waals surface area contributed by atoms with Gasteiger partial charge in [-0.3, -0.25) is 9.59 Å². The summed E-state index contributed by atoms with van der Waals surface area (Å²) in [7, 11) is 0. The Morgan fingerprint density at radius 3 is 2.54 bits per heavy atom. The van der Waals surface area contributed by atoms with Crippen LogP contribution in [0.3, 0.4) is 0 Å². The lowest BCUT2D eigenvalue weighted by Gasteiger charge is -2.15. The second-order valence-corrected chi connectivity index (χ2v) is 7.07. The monoisotopic (exact) mass is 400 g/mol. The molecule has 1 saturated carbocycles. The van der Waals surface area contributed by atoms with Crippen LogP contribution in [0.25, 0.3) is 0 Å². The predicted molar refractivity (Wildman–Crippen MR) is 107 cm³/mol. The van der Waals surface area contributed by atoms with Crippen molar-refractivity contribution in [3.05, 3.63) is 64.7 Å². The molecule has 2 aromatic rings. The molecular formula is C21H21ClN2O4. The Labute approximate surface area is 168 Å². The molecule has 0 atom stereocenters. The third-order valence-corrected chi connectivity index (χ3v) is 4.77. The molecular weight excluding hydrogens is 380 g/mol. The number of esters is 1. The SMILES string of the molecule is O=C(COC(=O)c1cccc(Cl)c1)Nc1ccccc1C(=O)NC1CCCC1. The van der Waals surface area contributed by atoms with Crippen molar-refractivity contribution in [1.29, 1.82) is 0 Å². The van der Waals surface area contributed by atoms with Crippen molar-refractivity contribution in [2.75, 3.05) is 11.9 Å². The highest BCUT2D eigenvalue weighted by molar-refractivity contribution is 6.30. The smallest absolute Gasteiger partial charge is 0.338 e. The second-order valence-electron chi connectivity index (χ2n) is 6.64.